The van der Waals surface area contributed by atoms with E-state index in [9.17, 15) is 13.2 Å². The van der Waals surface area contributed by atoms with Crippen LogP contribution in [-0.2, 0) is 0 Å². The first-order chi connectivity index (χ1) is 4.50. The number of aliphatic hydroxyl groups is 1. The van der Waals surface area contributed by atoms with Crippen molar-refractivity contribution in [2.24, 2.45) is 5.73 Å². The third kappa shape index (κ3) is 2.13. The van der Waals surface area contributed by atoms with Crippen LogP contribution in [0.4, 0.5) is 13.2 Å². The summed E-state index contributed by atoms with van der Waals surface area (Å²) in [6.45, 7) is -3.80. The molecule has 8 heavy (non-hydrogen) atoms. The highest BCUT2D eigenvalue weighted by molar-refractivity contribution is 4.67. The van der Waals surface area contributed by atoms with Crippen LogP contribution in [0.5, 0.6) is 0 Å². The van der Waals surface area contributed by atoms with E-state index >= 15 is 0 Å². The van der Waals surface area contributed by atoms with Crippen LogP contribution in [-0.4, -0.2) is 23.9 Å². The molecule has 0 heterocycles. The van der Waals surface area contributed by atoms with Gasteiger partial charge in [0.15, 0.2) is 0 Å². The van der Waals surface area contributed by atoms with Crippen LogP contribution in [0.25, 0.3) is 0 Å². The summed E-state index contributed by atoms with van der Waals surface area (Å²) in [5.41, 5.74) is 4.19. The van der Waals surface area contributed by atoms with Gasteiger partial charge < -0.3 is 10.8 Å². The molecule has 0 bridgehead atoms. The van der Waals surface area contributed by atoms with Crippen LogP contribution in [0.2, 0.25) is 0 Å². The van der Waals surface area contributed by atoms with Gasteiger partial charge in [0.25, 0.3) is 0 Å². The van der Waals surface area contributed by atoms with Gasteiger partial charge >= 0.3 is 6.18 Å². The molecule has 2 nitrogen and oxygen atoms in total. The molecular formula is C3H6F3NO. The molecule has 0 unspecified atom stereocenters. The summed E-state index contributed by atoms with van der Waals surface area (Å²) in [5.74, 6) is 0. The minimum Gasteiger partial charge on any atom is -0.394 e. The first-order valence-corrected chi connectivity index (χ1v) is 1.58. The molecule has 0 aromatic rings. The fourth-order valence-electron chi connectivity index (χ4n) is 0.0634. The van der Waals surface area contributed by atoms with Gasteiger partial charge in [-0.3, -0.25) is 0 Å². The maximum absolute atomic E-state index is 11.6. The van der Waals surface area contributed by atoms with Crippen molar-refractivity contribution in [3.8, 4) is 0 Å². The second-order valence-electron chi connectivity index (χ2n) is 1.02. The Morgan fingerprint density at radius 1 is 1.88 bits per heavy atom. The quantitative estimate of drug-likeness (QED) is 0.522. The van der Waals surface area contributed by atoms with E-state index in [0.29, 0.717) is 0 Å². The summed E-state index contributed by atoms with van der Waals surface area (Å²) < 4.78 is 53.5. The van der Waals surface area contributed by atoms with Gasteiger partial charge in [-0.25, -0.2) is 0 Å². The zero-order chi connectivity index (χ0) is 9.50. The fraction of sp³-hybridized carbons (Fsp3) is 1.00. The third-order valence-electron chi connectivity index (χ3n) is 0.426. The van der Waals surface area contributed by atoms with E-state index in [1.165, 1.54) is 0 Å². The van der Waals surface area contributed by atoms with Gasteiger partial charge in [0.1, 0.15) is 6.02 Å². The van der Waals surface area contributed by atoms with Gasteiger partial charge in [0.05, 0.1) is 10.7 Å². The molecule has 0 rings (SSSR count). The largest absolute Gasteiger partial charge is 0.405 e. The van der Waals surface area contributed by atoms with E-state index in [0.717, 1.165) is 0 Å². The van der Waals surface area contributed by atoms with Crippen molar-refractivity contribution in [3.63, 3.8) is 0 Å². The maximum Gasteiger partial charge on any atom is 0.405 e. The monoisotopic (exact) mass is 132 g/mol. The van der Waals surface area contributed by atoms with Crippen molar-refractivity contribution >= 4 is 0 Å². The predicted octanol–water partition coefficient (Wildman–Crippen LogP) is -0.132. The number of hydrogen-bond acceptors (Lipinski definition) is 2. The normalized spacial score (nSPS) is 27.4. The lowest BCUT2D eigenvalue weighted by molar-refractivity contribution is -0.154. The summed E-state index contributed by atoms with van der Waals surface area (Å²) in [5, 5.41) is 8.18. The Morgan fingerprint density at radius 3 is 2.25 bits per heavy atom. The second-order valence-corrected chi connectivity index (χ2v) is 1.02. The first-order valence-electron chi connectivity index (χ1n) is 3.08. The topological polar surface area (TPSA) is 46.2 Å². The molecule has 5 heteroatoms. The highest BCUT2D eigenvalue weighted by Crippen LogP contribution is 2.17. The van der Waals surface area contributed by atoms with Gasteiger partial charge in [-0.15, -0.1) is 0 Å². The van der Waals surface area contributed by atoms with E-state index in [-0.39, 0.29) is 0 Å². The molecule has 0 aromatic carbocycles. The summed E-state index contributed by atoms with van der Waals surface area (Å²) in [7, 11) is 0. The molecule has 0 aliphatic rings. The van der Waals surface area contributed by atoms with Crippen LogP contribution >= 0.6 is 0 Å². The van der Waals surface area contributed by atoms with Crippen molar-refractivity contribution < 1.29 is 22.4 Å². The average Bonchev–Trinajstić information content (AvgIpc) is 1.58. The molecule has 0 saturated carbocycles. The summed E-state index contributed by atoms with van der Waals surface area (Å²) >= 11 is 0. The van der Waals surface area contributed by atoms with Gasteiger partial charge in [-0.05, 0) is 0 Å². The van der Waals surface area contributed by atoms with Crippen LogP contribution < -0.4 is 5.73 Å². The smallest absolute Gasteiger partial charge is 0.394 e. The highest BCUT2D eigenvalue weighted by Gasteiger charge is 2.35. The third-order valence-corrected chi connectivity index (χ3v) is 0.426. The fourth-order valence-corrected chi connectivity index (χ4v) is 0.0634. The van der Waals surface area contributed by atoms with Gasteiger partial charge in [0, 0.05) is 0 Å². The average molecular weight is 132 g/mol. The Morgan fingerprint density at radius 2 is 2.25 bits per heavy atom. The van der Waals surface area contributed by atoms with Crippen LogP contribution in [0.1, 0.15) is 4.11 Å². The number of hydrogen-bond donors (Lipinski definition) is 2. The molecule has 0 aliphatic carbocycles. The van der Waals surface area contributed by atoms with Gasteiger partial charge in [-0.1, -0.05) is 0 Å². The lowest BCUT2D eigenvalue weighted by Crippen LogP contribution is -2.40. The lowest BCUT2D eigenvalue weighted by atomic mass is 10.3. The Labute approximate surface area is 48.3 Å². The SMILES string of the molecule is [2H]C([2H])(O)[C@]([2H])(N)C(F)(F)F. The van der Waals surface area contributed by atoms with Crippen molar-refractivity contribution in [2.75, 3.05) is 6.56 Å². The van der Waals surface area contributed by atoms with E-state index in [1.807, 2.05) is 0 Å². The molecule has 50 valence electrons. The molecule has 1 atom stereocenters. The maximum atomic E-state index is 11.6. The Balaban J connectivity index is 4.75. The Hall–Kier alpha value is -0.290. The molecule has 0 radical (unpaired) electrons. The number of nitrogens with two attached hydrogens (primary N) is 1. The molecule has 0 aromatic heterocycles. The van der Waals surface area contributed by atoms with Crippen molar-refractivity contribution in [3.05, 3.63) is 0 Å². The van der Waals surface area contributed by atoms with Gasteiger partial charge in [-0.2, -0.15) is 13.2 Å². The number of alkyl halides is 3. The van der Waals surface area contributed by atoms with Crippen molar-refractivity contribution in [1.82, 2.24) is 0 Å². The van der Waals surface area contributed by atoms with Crippen LogP contribution in [0.3, 0.4) is 0 Å². The van der Waals surface area contributed by atoms with Crippen LogP contribution in [0, 0.1) is 0 Å². The Kier molecular flexibility index (Phi) is 1.07. The molecule has 3 N–H and O–H groups in total. The van der Waals surface area contributed by atoms with Crippen molar-refractivity contribution in [1.29, 1.82) is 0 Å². The van der Waals surface area contributed by atoms with E-state index in [1.54, 1.807) is 0 Å². The first kappa shape index (κ1) is 3.68. The standard InChI is InChI=1S/C3H6F3NO/c4-3(5,6)2(7)1-8/h2,8H,1,7H2/t2-/m0/s1/i1D2,2D. The molecule has 0 aliphatic heterocycles. The highest BCUT2D eigenvalue weighted by atomic mass is 19.4. The minimum atomic E-state index is -5.30. The molecular weight excluding hydrogens is 123 g/mol. The zero-order valence-electron chi connectivity index (χ0n) is 6.66. The zero-order valence-corrected chi connectivity index (χ0v) is 3.66. The minimum absolute atomic E-state index is 3.80. The predicted molar refractivity (Wildman–Crippen MR) is 21.1 cm³/mol. The van der Waals surface area contributed by atoms with E-state index in [4.69, 9.17) is 9.22 Å². The Bertz CT molecular complexity index is 135. The van der Waals surface area contributed by atoms with E-state index in [2.05, 4.69) is 5.73 Å². The summed E-state index contributed by atoms with van der Waals surface area (Å²) in [6, 6.07) is -3.99. The molecule has 0 saturated heterocycles. The van der Waals surface area contributed by atoms with Gasteiger partial charge in [0.2, 0.25) is 0 Å². The summed E-state index contributed by atoms with van der Waals surface area (Å²) in [6.07, 6.45) is -5.30. The number of halogens is 3. The van der Waals surface area contributed by atoms with Crippen LogP contribution in [0.15, 0.2) is 0 Å². The molecule has 0 fully saturated rings. The van der Waals surface area contributed by atoms with E-state index < -0.39 is 18.8 Å². The molecule has 0 spiro atoms. The lowest BCUT2D eigenvalue weighted by Gasteiger charge is -2.10. The number of rotatable bonds is 1. The van der Waals surface area contributed by atoms with Crippen molar-refractivity contribution in [2.45, 2.75) is 12.2 Å². The summed E-state index contributed by atoms with van der Waals surface area (Å²) in [4.78, 5) is 0. The molecule has 0 amide bonds. The second kappa shape index (κ2) is 2.32.